The average molecular weight is 434 g/mol. The fourth-order valence-corrected chi connectivity index (χ4v) is 4.00. The number of carboxylic acid groups (broad SMARTS) is 1. The molecule has 32 heavy (non-hydrogen) atoms. The van der Waals surface area contributed by atoms with Crippen LogP contribution in [0.25, 0.3) is 0 Å². The van der Waals surface area contributed by atoms with Crippen LogP contribution >= 0.6 is 0 Å². The Hall–Kier alpha value is -3.87. The molecule has 1 heterocycles. The highest BCUT2D eigenvalue weighted by atomic mass is 19.1. The minimum absolute atomic E-state index is 0.233. The third-order valence-corrected chi connectivity index (χ3v) is 5.45. The van der Waals surface area contributed by atoms with E-state index < -0.39 is 24.4 Å². The van der Waals surface area contributed by atoms with Gasteiger partial charge in [0, 0.05) is 18.7 Å². The number of ether oxygens (including phenoxy) is 1. The molecular formula is C25H23FN2O4. The largest absolute Gasteiger partial charge is 0.482 e. The first-order chi connectivity index (χ1) is 15.5. The number of rotatable bonds is 6. The number of hydrogen-bond donors (Lipinski definition) is 2. The van der Waals surface area contributed by atoms with Crippen LogP contribution in [0.5, 0.6) is 5.75 Å². The van der Waals surface area contributed by atoms with Gasteiger partial charge in [-0.3, -0.25) is 0 Å². The van der Waals surface area contributed by atoms with Gasteiger partial charge in [0.05, 0.1) is 6.04 Å². The lowest BCUT2D eigenvalue weighted by atomic mass is 9.88. The third-order valence-electron chi connectivity index (χ3n) is 5.45. The van der Waals surface area contributed by atoms with Crippen LogP contribution in [0.15, 0.2) is 72.8 Å². The van der Waals surface area contributed by atoms with E-state index in [-0.39, 0.29) is 11.8 Å². The molecule has 164 valence electrons. The first kappa shape index (κ1) is 21.4. The Morgan fingerprint density at radius 3 is 2.56 bits per heavy atom. The predicted octanol–water partition coefficient (Wildman–Crippen LogP) is 4.15. The Labute approximate surface area is 185 Å². The SMILES string of the molecule is O=C(O)COc1ccc(F)cc1C1c2ccccc2CCN1C(=O)NCc1ccccc1. The monoisotopic (exact) mass is 434 g/mol. The molecule has 3 aromatic rings. The Balaban J connectivity index is 1.69. The maximum Gasteiger partial charge on any atom is 0.341 e. The van der Waals surface area contributed by atoms with E-state index in [4.69, 9.17) is 9.84 Å². The van der Waals surface area contributed by atoms with Gasteiger partial charge in [0.25, 0.3) is 0 Å². The summed E-state index contributed by atoms with van der Waals surface area (Å²) in [4.78, 5) is 25.9. The fraction of sp³-hybridized carbons (Fsp3) is 0.200. The molecule has 1 aliphatic heterocycles. The molecule has 0 saturated heterocycles. The number of urea groups is 1. The van der Waals surface area contributed by atoms with Crippen molar-refractivity contribution in [2.24, 2.45) is 0 Å². The average Bonchev–Trinajstić information content (AvgIpc) is 2.81. The summed E-state index contributed by atoms with van der Waals surface area (Å²) >= 11 is 0. The van der Waals surface area contributed by atoms with Crippen LogP contribution in [0.3, 0.4) is 0 Å². The molecule has 0 spiro atoms. The van der Waals surface area contributed by atoms with E-state index in [9.17, 15) is 14.0 Å². The number of carboxylic acids is 1. The molecule has 7 heteroatoms. The molecule has 1 unspecified atom stereocenters. The molecular weight excluding hydrogens is 411 g/mol. The second-order valence-electron chi connectivity index (χ2n) is 7.55. The zero-order chi connectivity index (χ0) is 22.5. The van der Waals surface area contributed by atoms with Gasteiger partial charge < -0.3 is 20.1 Å². The second-order valence-corrected chi connectivity index (χ2v) is 7.55. The number of halogens is 1. The van der Waals surface area contributed by atoms with Crippen molar-refractivity contribution in [1.82, 2.24) is 10.2 Å². The van der Waals surface area contributed by atoms with Crippen LogP contribution in [-0.4, -0.2) is 35.2 Å². The van der Waals surface area contributed by atoms with Crippen LogP contribution in [0, 0.1) is 5.82 Å². The molecule has 0 radical (unpaired) electrons. The van der Waals surface area contributed by atoms with Crippen LogP contribution in [0.2, 0.25) is 0 Å². The van der Waals surface area contributed by atoms with Crippen LogP contribution < -0.4 is 10.1 Å². The molecule has 0 saturated carbocycles. The van der Waals surface area contributed by atoms with Gasteiger partial charge in [-0.1, -0.05) is 54.6 Å². The highest BCUT2D eigenvalue weighted by Crippen LogP contribution is 2.39. The molecule has 0 aromatic heterocycles. The van der Waals surface area contributed by atoms with E-state index in [0.29, 0.717) is 25.1 Å². The van der Waals surface area contributed by atoms with Crippen molar-refractivity contribution in [3.05, 3.63) is 101 Å². The first-order valence-electron chi connectivity index (χ1n) is 10.3. The molecule has 2 N–H and O–H groups in total. The van der Waals surface area contributed by atoms with Crippen molar-refractivity contribution in [3.63, 3.8) is 0 Å². The molecule has 0 aliphatic carbocycles. The molecule has 3 aromatic carbocycles. The maximum atomic E-state index is 14.3. The summed E-state index contributed by atoms with van der Waals surface area (Å²) in [6, 6.07) is 20.3. The van der Waals surface area contributed by atoms with Gasteiger partial charge in [0.1, 0.15) is 11.6 Å². The number of amides is 2. The van der Waals surface area contributed by atoms with E-state index >= 15 is 0 Å². The Morgan fingerprint density at radius 1 is 1.03 bits per heavy atom. The molecule has 1 aliphatic rings. The molecule has 6 nitrogen and oxygen atoms in total. The van der Waals surface area contributed by atoms with Crippen molar-refractivity contribution in [1.29, 1.82) is 0 Å². The quantitative estimate of drug-likeness (QED) is 0.611. The maximum absolute atomic E-state index is 14.3. The lowest BCUT2D eigenvalue weighted by Crippen LogP contribution is -2.46. The third kappa shape index (κ3) is 4.72. The van der Waals surface area contributed by atoms with Crippen molar-refractivity contribution in [2.45, 2.75) is 19.0 Å². The Kier molecular flexibility index (Phi) is 6.35. The highest BCUT2D eigenvalue weighted by Gasteiger charge is 2.34. The number of carbonyl (C=O) groups excluding carboxylic acids is 1. The lowest BCUT2D eigenvalue weighted by molar-refractivity contribution is -0.139. The predicted molar refractivity (Wildman–Crippen MR) is 117 cm³/mol. The number of aliphatic carboxylic acids is 1. The standard InChI is InChI=1S/C25H23FN2O4/c26-19-10-11-22(32-16-23(29)30)21(14-19)24-20-9-5-4-8-18(20)12-13-28(24)25(31)27-15-17-6-2-1-3-7-17/h1-11,14,24H,12-13,15-16H2,(H,27,31)(H,29,30). The van der Waals surface area contributed by atoms with E-state index in [2.05, 4.69) is 5.32 Å². The van der Waals surface area contributed by atoms with Crippen molar-refractivity contribution >= 4 is 12.0 Å². The summed E-state index contributed by atoms with van der Waals surface area (Å²) in [5.41, 5.74) is 3.29. The van der Waals surface area contributed by atoms with Gasteiger partial charge in [-0.25, -0.2) is 14.0 Å². The molecule has 2 amide bonds. The van der Waals surface area contributed by atoms with Crippen LogP contribution in [0.4, 0.5) is 9.18 Å². The summed E-state index contributed by atoms with van der Waals surface area (Å²) in [7, 11) is 0. The summed E-state index contributed by atoms with van der Waals surface area (Å²) in [6.45, 7) is 0.223. The number of benzene rings is 3. The van der Waals surface area contributed by atoms with E-state index in [0.717, 1.165) is 16.7 Å². The summed E-state index contributed by atoms with van der Waals surface area (Å²) in [5.74, 6) is -1.39. The van der Waals surface area contributed by atoms with Gasteiger partial charge in [0.2, 0.25) is 0 Å². The van der Waals surface area contributed by atoms with Crippen molar-refractivity contribution in [2.75, 3.05) is 13.2 Å². The Morgan fingerprint density at radius 2 is 1.78 bits per heavy atom. The minimum Gasteiger partial charge on any atom is -0.482 e. The zero-order valence-corrected chi connectivity index (χ0v) is 17.3. The number of carbonyl (C=O) groups is 2. The summed E-state index contributed by atoms with van der Waals surface area (Å²) < 4.78 is 19.7. The summed E-state index contributed by atoms with van der Waals surface area (Å²) in [6.07, 6.45) is 0.659. The second kappa shape index (κ2) is 9.51. The topological polar surface area (TPSA) is 78.9 Å². The van der Waals surface area contributed by atoms with Gasteiger partial charge in [0.15, 0.2) is 6.61 Å². The van der Waals surface area contributed by atoms with Gasteiger partial charge in [-0.15, -0.1) is 0 Å². The first-order valence-corrected chi connectivity index (χ1v) is 10.3. The van der Waals surface area contributed by atoms with E-state index in [1.54, 1.807) is 4.90 Å². The highest BCUT2D eigenvalue weighted by molar-refractivity contribution is 5.76. The van der Waals surface area contributed by atoms with Crippen molar-refractivity contribution < 1.29 is 23.8 Å². The van der Waals surface area contributed by atoms with Gasteiger partial charge in [-0.2, -0.15) is 0 Å². The normalized spacial score (nSPS) is 15.0. The molecule has 4 rings (SSSR count). The zero-order valence-electron chi connectivity index (χ0n) is 17.3. The molecule has 0 fully saturated rings. The van der Waals surface area contributed by atoms with Gasteiger partial charge >= 0.3 is 12.0 Å². The van der Waals surface area contributed by atoms with Crippen molar-refractivity contribution in [3.8, 4) is 5.75 Å². The van der Waals surface area contributed by atoms with Crippen LogP contribution in [-0.2, 0) is 17.8 Å². The number of fused-ring (bicyclic) bond motifs is 1. The number of nitrogens with zero attached hydrogens (tertiary/aromatic N) is 1. The summed E-state index contributed by atoms with van der Waals surface area (Å²) in [5, 5.41) is 12.0. The fourth-order valence-electron chi connectivity index (χ4n) is 4.00. The number of nitrogens with one attached hydrogen (secondary N) is 1. The minimum atomic E-state index is -1.14. The van der Waals surface area contributed by atoms with Crippen LogP contribution in [0.1, 0.15) is 28.3 Å². The molecule has 1 atom stereocenters. The smallest absolute Gasteiger partial charge is 0.341 e. The van der Waals surface area contributed by atoms with Gasteiger partial charge in [-0.05, 0) is 41.3 Å². The molecule has 0 bridgehead atoms. The van der Waals surface area contributed by atoms with E-state index in [1.165, 1.54) is 18.2 Å². The lowest BCUT2D eigenvalue weighted by Gasteiger charge is -2.38. The Bertz CT molecular complexity index is 1120. The van der Waals surface area contributed by atoms with E-state index in [1.807, 2.05) is 54.6 Å². The number of hydrogen-bond acceptors (Lipinski definition) is 3.